The van der Waals surface area contributed by atoms with Crippen molar-refractivity contribution >= 4 is 21.9 Å². The number of nitrogens with one attached hydrogen (secondary N) is 1. The number of hydrogen-bond donors (Lipinski definition) is 2. The van der Waals surface area contributed by atoms with Gasteiger partial charge in [-0.15, -0.1) is 0 Å². The van der Waals surface area contributed by atoms with E-state index in [1.54, 1.807) is 13.0 Å². The summed E-state index contributed by atoms with van der Waals surface area (Å²) in [5, 5.41) is 9.00. The van der Waals surface area contributed by atoms with Crippen molar-refractivity contribution in [2.75, 3.05) is 17.8 Å². The van der Waals surface area contributed by atoms with E-state index in [4.69, 9.17) is 5.11 Å². The Balaban J connectivity index is 2.20. The molecule has 1 fully saturated rings. The summed E-state index contributed by atoms with van der Waals surface area (Å²) in [7, 11) is -3.97. The molecular formula is C13H17FN2O4S. The molecule has 1 unspecified atom stereocenters. The molecule has 1 aliphatic heterocycles. The van der Waals surface area contributed by atoms with Gasteiger partial charge in [0.05, 0.1) is 11.6 Å². The van der Waals surface area contributed by atoms with Crippen LogP contribution in [0.5, 0.6) is 0 Å². The van der Waals surface area contributed by atoms with E-state index < -0.39 is 27.9 Å². The number of hydrogen-bond acceptors (Lipinski definition) is 3. The molecular weight excluding hydrogens is 299 g/mol. The van der Waals surface area contributed by atoms with E-state index >= 15 is 0 Å². The normalized spacial score (nSPS) is 20.2. The van der Waals surface area contributed by atoms with Crippen molar-refractivity contribution in [2.24, 2.45) is 5.92 Å². The van der Waals surface area contributed by atoms with Gasteiger partial charge in [-0.3, -0.25) is 9.52 Å². The topological polar surface area (TPSA) is 86.7 Å². The van der Waals surface area contributed by atoms with E-state index in [2.05, 4.69) is 4.72 Å². The number of nitrogens with zero attached hydrogens (tertiary/aromatic N) is 1. The number of carboxylic acids is 1. The first-order valence-electron chi connectivity index (χ1n) is 6.57. The maximum atomic E-state index is 13.7. The third-order valence-electron chi connectivity index (χ3n) is 3.53. The molecule has 21 heavy (non-hydrogen) atoms. The fourth-order valence-electron chi connectivity index (χ4n) is 2.32. The summed E-state index contributed by atoms with van der Waals surface area (Å²) in [4.78, 5) is 11.0. The smallest absolute Gasteiger partial charge is 0.307 e. The van der Waals surface area contributed by atoms with Crippen LogP contribution < -0.4 is 4.72 Å². The average molecular weight is 316 g/mol. The maximum Gasteiger partial charge on any atom is 0.307 e. The summed E-state index contributed by atoms with van der Waals surface area (Å²) < 4.78 is 41.5. The monoisotopic (exact) mass is 316 g/mol. The van der Waals surface area contributed by atoms with Gasteiger partial charge < -0.3 is 5.11 Å². The standard InChI is InChI=1S/C13H17FN2O4S/c1-9-4-2-6-11(14)12(9)15-21(19,20)16-7-3-5-10(8-16)13(17)18/h2,4,6,10,15H,3,5,7-8H2,1H3,(H,17,18). The van der Waals surface area contributed by atoms with Gasteiger partial charge in [0.2, 0.25) is 0 Å². The minimum Gasteiger partial charge on any atom is -0.481 e. The van der Waals surface area contributed by atoms with Gasteiger partial charge in [0, 0.05) is 13.1 Å². The lowest BCUT2D eigenvalue weighted by Crippen LogP contribution is -2.44. The van der Waals surface area contributed by atoms with Gasteiger partial charge >= 0.3 is 16.2 Å². The first-order chi connectivity index (χ1) is 9.81. The molecule has 0 radical (unpaired) electrons. The molecule has 0 saturated carbocycles. The van der Waals surface area contributed by atoms with Crippen LogP contribution in [0.3, 0.4) is 0 Å². The number of piperidine rings is 1. The Hall–Kier alpha value is -1.67. The molecule has 1 atom stereocenters. The number of carbonyl (C=O) groups is 1. The van der Waals surface area contributed by atoms with Gasteiger partial charge in [0.1, 0.15) is 5.82 Å². The van der Waals surface area contributed by atoms with Crippen LogP contribution in [-0.2, 0) is 15.0 Å². The molecule has 2 rings (SSSR count). The predicted octanol–water partition coefficient (Wildman–Crippen LogP) is 1.59. The predicted molar refractivity (Wildman–Crippen MR) is 75.6 cm³/mol. The molecule has 8 heteroatoms. The molecule has 1 aromatic carbocycles. The minimum atomic E-state index is -3.97. The van der Waals surface area contributed by atoms with Gasteiger partial charge in [0.15, 0.2) is 0 Å². The molecule has 1 saturated heterocycles. The van der Waals surface area contributed by atoms with Crippen LogP contribution in [0.1, 0.15) is 18.4 Å². The van der Waals surface area contributed by atoms with Gasteiger partial charge in [-0.2, -0.15) is 12.7 Å². The molecule has 6 nitrogen and oxygen atoms in total. The summed E-state index contributed by atoms with van der Waals surface area (Å²) in [6.07, 6.45) is 0.911. The number of carboxylic acid groups (broad SMARTS) is 1. The van der Waals surface area contributed by atoms with Crippen LogP contribution in [0.15, 0.2) is 18.2 Å². The molecule has 0 bridgehead atoms. The highest BCUT2D eigenvalue weighted by molar-refractivity contribution is 7.90. The zero-order valence-corrected chi connectivity index (χ0v) is 12.4. The van der Waals surface area contributed by atoms with E-state index in [0.717, 1.165) is 4.31 Å². The van der Waals surface area contributed by atoms with Gasteiger partial charge in [-0.05, 0) is 31.4 Å². The zero-order chi connectivity index (χ0) is 15.6. The number of rotatable bonds is 4. The Morgan fingerprint density at radius 3 is 2.81 bits per heavy atom. The van der Waals surface area contributed by atoms with Crippen molar-refractivity contribution in [3.05, 3.63) is 29.6 Å². The van der Waals surface area contributed by atoms with Crippen molar-refractivity contribution in [3.8, 4) is 0 Å². The van der Waals surface area contributed by atoms with Crippen LogP contribution >= 0.6 is 0 Å². The molecule has 0 aliphatic carbocycles. The Labute approximate surface area is 122 Å². The minimum absolute atomic E-state index is 0.0990. The second-order valence-electron chi connectivity index (χ2n) is 5.07. The third-order valence-corrected chi connectivity index (χ3v) is 5.00. The van der Waals surface area contributed by atoms with Gasteiger partial charge in [-0.1, -0.05) is 12.1 Å². The molecule has 2 N–H and O–H groups in total. The molecule has 1 aliphatic rings. The van der Waals surface area contributed by atoms with Crippen LogP contribution in [0.4, 0.5) is 10.1 Å². The molecule has 0 amide bonds. The third kappa shape index (κ3) is 3.51. The van der Waals surface area contributed by atoms with Crippen molar-refractivity contribution in [2.45, 2.75) is 19.8 Å². The van der Waals surface area contributed by atoms with Crippen molar-refractivity contribution in [3.63, 3.8) is 0 Å². The Kier molecular flexibility index (Phi) is 4.48. The summed E-state index contributed by atoms with van der Waals surface area (Å²) in [6, 6.07) is 4.25. The quantitative estimate of drug-likeness (QED) is 0.883. The van der Waals surface area contributed by atoms with Crippen LogP contribution in [-0.4, -0.2) is 36.9 Å². The van der Waals surface area contributed by atoms with Crippen molar-refractivity contribution < 1.29 is 22.7 Å². The number of halogens is 1. The largest absolute Gasteiger partial charge is 0.481 e. The summed E-state index contributed by atoms with van der Waals surface area (Å²) in [5.41, 5.74) is 0.361. The second-order valence-corrected chi connectivity index (χ2v) is 6.74. The first-order valence-corrected chi connectivity index (χ1v) is 8.01. The molecule has 1 aromatic rings. The SMILES string of the molecule is Cc1cccc(F)c1NS(=O)(=O)N1CCCC(C(=O)O)C1. The second kappa shape index (κ2) is 5.98. The van der Waals surface area contributed by atoms with Crippen LogP contribution in [0.25, 0.3) is 0 Å². The van der Waals surface area contributed by atoms with Crippen LogP contribution in [0.2, 0.25) is 0 Å². The fourth-order valence-corrected chi connectivity index (χ4v) is 3.71. The highest BCUT2D eigenvalue weighted by Gasteiger charge is 2.32. The van der Waals surface area contributed by atoms with E-state index in [-0.39, 0.29) is 18.8 Å². The summed E-state index contributed by atoms with van der Waals surface area (Å²) in [6.45, 7) is 1.72. The lowest BCUT2D eigenvalue weighted by atomic mass is 10.0. The highest BCUT2D eigenvalue weighted by atomic mass is 32.2. The van der Waals surface area contributed by atoms with Crippen LogP contribution in [0, 0.1) is 18.7 Å². The number of anilines is 1. The number of aryl methyl sites for hydroxylation is 1. The van der Waals surface area contributed by atoms with E-state index in [0.29, 0.717) is 18.4 Å². The Morgan fingerprint density at radius 1 is 1.48 bits per heavy atom. The maximum absolute atomic E-state index is 13.7. The van der Waals surface area contributed by atoms with Crippen molar-refractivity contribution in [1.82, 2.24) is 4.31 Å². The van der Waals surface area contributed by atoms with Crippen molar-refractivity contribution in [1.29, 1.82) is 0 Å². The Morgan fingerprint density at radius 2 is 2.19 bits per heavy atom. The first kappa shape index (κ1) is 15.7. The number of aliphatic carboxylic acids is 1. The van der Waals surface area contributed by atoms with E-state index in [9.17, 15) is 17.6 Å². The van der Waals surface area contributed by atoms with Gasteiger partial charge in [0.25, 0.3) is 0 Å². The van der Waals surface area contributed by atoms with E-state index in [1.807, 2.05) is 0 Å². The lowest BCUT2D eigenvalue weighted by Gasteiger charge is -2.30. The zero-order valence-electron chi connectivity index (χ0n) is 11.5. The molecule has 116 valence electrons. The van der Waals surface area contributed by atoms with Gasteiger partial charge in [-0.25, -0.2) is 4.39 Å². The Bertz CT molecular complexity index is 627. The molecule has 0 aromatic heterocycles. The lowest BCUT2D eigenvalue weighted by molar-refractivity contribution is -0.142. The molecule has 1 heterocycles. The summed E-state index contributed by atoms with van der Waals surface area (Å²) >= 11 is 0. The fraction of sp³-hybridized carbons (Fsp3) is 0.462. The summed E-state index contributed by atoms with van der Waals surface area (Å²) in [5.74, 6) is -2.40. The number of para-hydroxylation sites is 1. The average Bonchev–Trinajstić information content (AvgIpc) is 2.43. The number of benzene rings is 1. The highest BCUT2D eigenvalue weighted by Crippen LogP contribution is 2.24. The van der Waals surface area contributed by atoms with E-state index in [1.165, 1.54) is 12.1 Å². The molecule has 0 spiro atoms.